The molecule has 0 radical (unpaired) electrons. The molecule has 24 heavy (non-hydrogen) atoms. The highest BCUT2D eigenvalue weighted by Gasteiger charge is 2.32. The zero-order chi connectivity index (χ0) is 17.7. The molecule has 3 N–H and O–H groups in total. The average Bonchev–Trinajstić information content (AvgIpc) is 2.49. The van der Waals surface area contributed by atoms with Crippen molar-refractivity contribution in [3.8, 4) is 11.5 Å². The largest absolute Gasteiger partial charge is 0.465 e. The van der Waals surface area contributed by atoms with E-state index in [0.29, 0.717) is 12.2 Å². The zero-order valence-corrected chi connectivity index (χ0v) is 13.0. The van der Waals surface area contributed by atoms with Crippen molar-refractivity contribution in [1.82, 2.24) is 0 Å². The van der Waals surface area contributed by atoms with Gasteiger partial charge in [-0.05, 0) is 42.3 Å². The predicted molar refractivity (Wildman–Crippen MR) is 84.3 cm³/mol. The SMILES string of the molecule is Cc1ccc(Oc2ccc(CCOC(=N)N)cc2)cc1C(F)(F)F. The number of nitrogens with one attached hydrogen (secondary N) is 1. The van der Waals surface area contributed by atoms with E-state index in [1.54, 1.807) is 24.3 Å². The topological polar surface area (TPSA) is 68.3 Å². The third kappa shape index (κ3) is 4.91. The van der Waals surface area contributed by atoms with E-state index in [2.05, 4.69) is 0 Å². The molecule has 0 atom stereocenters. The van der Waals surface area contributed by atoms with Gasteiger partial charge in [0.1, 0.15) is 11.5 Å². The minimum atomic E-state index is -4.41. The Bertz CT molecular complexity index is 713. The van der Waals surface area contributed by atoms with Crippen LogP contribution in [0, 0.1) is 12.3 Å². The second-order valence-corrected chi connectivity index (χ2v) is 5.18. The van der Waals surface area contributed by atoms with Gasteiger partial charge in [0.05, 0.1) is 12.2 Å². The van der Waals surface area contributed by atoms with Gasteiger partial charge in [-0.15, -0.1) is 0 Å². The van der Waals surface area contributed by atoms with E-state index < -0.39 is 11.7 Å². The van der Waals surface area contributed by atoms with Crippen LogP contribution in [0.25, 0.3) is 0 Å². The van der Waals surface area contributed by atoms with E-state index >= 15 is 0 Å². The summed E-state index contributed by atoms with van der Waals surface area (Å²) in [7, 11) is 0. The molecule has 0 aliphatic rings. The Balaban J connectivity index is 2.05. The van der Waals surface area contributed by atoms with Crippen molar-refractivity contribution in [3.63, 3.8) is 0 Å². The van der Waals surface area contributed by atoms with Crippen LogP contribution in [0.3, 0.4) is 0 Å². The van der Waals surface area contributed by atoms with Crippen LogP contribution in [0.4, 0.5) is 13.2 Å². The van der Waals surface area contributed by atoms with Gasteiger partial charge in [-0.25, -0.2) is 0 Å². The van der Waals surface area contributed by atoms with Crippen LogP contribution in [0.1, 0.15) is 16.7 Å². The molecule has 0 heterocycles. The Morgan fingerprint density at radius 2 is 1.71 bits per heavy atom. The summed E-state index contributed by atoms with van der Waals surface area (Å²) in [5, 5.41) is 6.95. The molecule has 0 aliphatic heterocycles. The Hall–Kier alpha value is -2.70. The van der Waals surface area contributed by atoms with Crippen LogP contribution in [0.2, 0.25) is 0 Å². The summed E-state index contributed by atoms with van der Waals surface area (Å²) in [4.78, 5) is 0. The molecule has 128 valence electrons. The second-order valence-electron chi connectivity index (χ2n) is 5.18. The molecule has 0 saturated carbocycles. The number of aryl methyl sites for hydroxylation is 1. The van der Waals surface area contributed by atoms with Crippen LogP contribution >= 0.6 is 0 Å². The molecular formula is C17H17F3N2O2. The highest BCUT2D eigenvalue weighted by atomic mass is 19.4. The number of hydrogen-bond acceptors (Lipinski definition) is 3. The van der Waals surface area contributed by atoms with Gasteiger partial charge in [0.25, 0.3) is 6.02 Å². The Morgan fingerprint density at radius 1 is 1.08 bits per heavy atom. The molecule has 0 aliphatic carbocycles. The predicted octanol–water partition coefficient (Wildman–Crippen LogP) is 4.26. The number of benzene rings is 2. The lowest BCUT2D eigenvalue weighted by atomic mass is 10.1. The fourth-order valence-corrected chi connectivity index (χ4v) is 2.11. The van der Waals surface area contributed by atoms with E-state index in [9.17, 15) is 13.2 Å². The summed E-state index contributed by atoms with van der Waals surface area (Å²) < 4.78 is 49.0. The first-order chi connectivity index (χ1) is 11.3. The molecule has 0 amide bonds. The smallest absolute Gasteiger partial charge is 0.416 e. The monoisotopic (exact) mass is 338 g/mol. The molecular weight excluding hydrogens is 321 g/mol. The third-order valence-electron chi connectivity index (χ3n) is 3.32. The summed E-state index contributed by atoms with van der Waals surface area (Å²) in [5.74, 6) is 0.559. The van der Waals surface area contributed by atoms with Crippen LogP contribution in [-0.4, -0.2) is 12.6 Å². The maximum atomic E-state index is 12.9. The number of alkyl halides is 3. The van der Waals surface area contributed by atoms with Crippen molar-refractivity contribution in [2.24, 2.45) is 5.73 Å². The molecule has 4 nitrogen and oxygen atoms in total. The number of hydrogen-bond donors (Lipinski definition) is 2. The fraction of sp³-hybridized carbons (Fsp3) is 0.235. The van der Waals surface area contributed by atoms with Crippen molar-refractivity contribution in [2.45, 2.75) is 19.5 Å². The first kappa shape index (κ1) is 17.7. The van der Waals surface area contributed by atoms with Crippen LogP contribution < -0.4 is 10.5 Å². The Morgan fingerprint density at radius 3 is 2.29 bits per heavy atom. The number of ether oxygens (including phenoxy) is 2. The van der Waals surface area contributed by atoms with Crippen molar-refractivity contribution < 1.29 is 22.6 Å². The van der Waals surface area contributed by atoms with E-state index in [1.165, 1.54) is 19.1 Å². The highest BCUT2D eigenvalue weighted by molar-refractivity contribution is 5.67. The van der Waals surface area contributed by atoms with Gasteiger partial charge < -0.3 is 15.2 Å². The van der Waals surface area contributed by atoms with Crippen molar-refractivity contribution in [1.29, 1.82) is 5.41 Å². The first-order valence-corrected chi connectivity index (χ1v) is 7.17. The van der Waals surface area contributed by atoms with Crippen LogP contribution in [-0.2, 0) is 17.3 Å². The molecule has 2 aromatic carbocycles. The second kappa shape index (κ2) is 7.25. The molecule has 0 aromatic heterocycles. The summed E-state index contributed by atoms with van der Waals surface area (Å²) in [6, 6.07) is 10.4. The molecule has 7 heteroatoms. The number of rotatable bonds is 5. The van der Waals surface area contributed by atoms with Crippen molar-refractivity contribution in [3.05, 3.63) is 59.2 Å². The normalized spacial score (nSPS) is 11.2. The van der Waals surface area contributed by atoms with E-state index in [-0.39, 0.29) is 23.9 Å². The molecule has 2 aromatic rings. The van der Waals surface area contributed by atoms with Gasteiger partial charge in [0.15, 0.2) is 0 Å². The van der Waals surface area contributed by atoms with Gasteiger partial charge >= 0.3 is 6.18 Å². The van der Waals surface area contributed by atoms with Crippen LogP contribution in [0.5, 0.6) is 11.5 Å². The lowest BCUT2D eigenvalue weighted by Crippen LogP contribution is -2.15. The van der Waals surface area contributed by atoms with E-state index in [1.807, 2.05) is 0 Å². The molecule has 0 bridgehead atoms. The van der Waals surface area contributed by atoms with Crippen molar-refractivity contribution in [2.75, 3.05) is 6.61 Å². The minimum Gasteiger partial charge on any atom is -0.465 e. The van der Waals surface area contributed by atoms with E-state index in [0.717, 1.165) is 11.6 Å². The van der Waals surface area contributed by atoms with Gasteiger partial charge in [-0.1, -0.05) is 18.2 Å². The standard InChI is InChI=1S/C17H17F3N2O2/c1-11-2-5-14(10-15(11)17(18,19)20)24-13-6-3-12(4-7-13)8-9-23-16(21)22/h2-7,10H,8-9H2,1H3,(H3,21,22). The maximum Gasteiger partial charge on any atom is 0.416 e. The van der Waals surface area contributed by atoms with Gasteiger partial charge in [-0.3, -0.25) is 5.41 Å². The van der Waals surface area contributed by atoms with Crippen LogP contribution in [0.15, 0.2) is 42.5 Å². The quantitative estimate of drug-likeness (QED) is 0.632. The zero-order valence-electron chi connectivity index (χ0n) is 13.0. The first-order valence-electron chi connectivity index (χ1n) is 7.17. The lowest BCUT2D eigenvalue weighted by molar-refractivity contribution is -0.138. The molecule has 0 spiro atoms. The van der Waals surface area contributed by atoms with Gasteiger partial charge in [-0.2, -0.15) is 13.2 Å². The van der Waals surface area contributed by atoms with Gasteiger partial charge in [0.2, 0.25) is 0 Å². The lowest BCUT2D eigenvalue weighted by Gasteiger charge is -2.13. The summed E-state index contributed by atoms with van der Waals surface area (Å²) in [6.45, 7) is 1.69. The Labute approximate surface area is 137 Å². The van der Waals surface area contributed by atoms with Gasteiger partial charge in [0, 0.05) is 6.42 Å². The van der Waals surface area contributed by atoms with Crippen molar-refractivity contribution >= 4 is 6.02 Å². The third-order valence-corrected chi connectivity index (χ3v) is 3.32. The molecule has 0 fully saturated rings. The molecule has 2 rings (SSSR count). The highest BCUT2D eigenvalue weighted by Crippen LogP contribution is 2.35. The number of nitrogens with two attached hydrogens (primary N) is 1. The average molecular weight is 338 g/mol. The fourth-order valence-electron chi connectivity index (χ4n) is 2.11. The molecule has 0 unspecified atom stereocenters. The summed E-state index contributed by atoms with van der Waals surface area (Å²) >= 11 is 0. The number of halogens is 3. The Kier molecular flexibility index (Phi) is 5.33. The summed E-state index contributed by atoms with van der Waals surface area (Å²) in [5.41, 5.74) is 5.45. The van der Waals surface area contributed by atoms with E-state index in [4.69, 9.17) is 20.6 Å². The number of amidine groups is 1. The minimum absolute atomic E-state index is 0.126. The maximum absolute atomic E-state index is 12.9. The summed E-state index contributed by atoms with van der Waals surface area (Å²) in [6.07, 6.45) is -3.85. The molecule has 0 saturated heterocycles.